The van der Waals surface area contributed by atoms with Gasteiger partial charge in [0.2, 0.25) is 0 Å². The lowest BCUT2D eigenvalue weighted by atomic mass is 10.2. The van der Waals surface area contributed by atoms with E-state index in [1.165, 1.54) is 0 Å². The molecule has 0 bridgehead atoms. The number of morpholine rings is 1. The summed E-state index contributed by atoms with van der Waals surface area (Å²) in [6, 6.07) is 10.2. The Hall–Kier alpha value is -2.18. The third-order valence-corrected chi connectivity index (χ3v) is 4.85. The lowest BCUT2D eigenvalue weighted by Gasteiger charge is -2.25. The van der Waals surface area contributed by atoms with E-state index in [2.05, 4.69) is 38.2 Å². The molecule has 0 N–H and O–H groups in total. The predicted octanol–water partition coefficient (Wildman–Crippen LogP) is 3.14. The van der Waals surface area contributed by atoms with Crippen molar-refractivity contribution in [2.75, 3.05) is 31.2 Å². The van der Waals surface area contributed by atoms with Crippen molar-refractivity contribution >= 4 is 16.5 Å². The van der Waals surface area contributed by atoms with Gasteiger partial charge < -0.3 is 9.64 Å². The van der Waals surface area contributed by atoms with Gasteiger partial charge >= 0.3 is 0 Å². The molecule has 0 spiro atoms. The Labute approximate surface area is 139 Å². The Morgan fingerprint density at radius 1 is 1.09 bits per heavy atom. The van der Waals surface area contributed by atoms with E-state index in [4.69, 9.17) is 9.72 Å². The predicted molar refractivity (Wildman–Crippen MR) is 92.4 cm³/mol. The van der Waals surface area contributed by atoms with Crippen molar-refractivity contribution in [2.24, 2.45) is 0 Å². The summed E-state index contributed by atoms with van der Waals surface area (Å²) in [5.74, 6) is 1.88. The zero-order valence-corrected chi connectivity index (χ0v) is 13.8. The first kappa shape index (κ1) is 14.4. The van der Waals surface area contributed by atoms with Gasteiger partial charge in [0.25, 0.3) is 0 Å². The van der Waals surface area contributed by atoms with Crippen LogP contribution in [0, 0.1) is 6.92 Å². The van der Waals surface area contributed by atoms with Crippen LogP contribution in [-0.4, -0.2) is 40.8 Å². The number of anilines is 1. The lowest BCUT2D eigenvalue weighted by molar-refractivity contribution is 0.122. The maximum absolute atomic E-state index is 5.40. The summed E-state index contributed by atoms with van der Waals surface area (Å²) < 4.78 is 7.46. The summed E-state index contributed by atoms with van der Waals surface area (Å²) in [4.78, 5) is 11.7. The van der Waals surface area contributed by atoms with E-state index in [0.717, 1.165) is 54.3 Å². The Balaban J connectivity index is 1.63. The van der Waals surface area contributed by atoms with Crippen molar-refractivity contribution in [1.82, 2.24) is 14.5 Å². The third kappa shape index (κ3) is 2.87. The molecule has 4 rings (SSSR count). The molecule has 0 radical (unpaired) electrons. The molecule has 1 aliphatic heterocycles. The number of hydrogen-bond acceptors (Lipinski definition) is 5. The highest BCUT2D eigenvalue weighted by atomic mass is 32.1. The molecule has 1 saturated heterocycles. The van der Waals surface area contributed by atoms with Crippen LogP contribution < -0.4 is 4.90 Å². The van der Waals surface area contributed by atoms with Crippen LogP contribution >= 0.6 is 11.3 Å². The van der Waals surface area contributed by atoms with Crippen molar-refractivity contribution < 1.29 is 4.74 Å². The van der Waals surface area contributed by atoms with E-state index in [1.807, 2.05) is 25.1 Å². The Bertz CT molecular complexity index is 790. The number of benzene rings is 1. The molecule has 23 heavy (non-hydrogen) atoms. The zero-order chi connectivity index (χ0) is 15.6. The van der Waals surface area contributed by atoms with Crippen LogP contribution in [0.15, 0.2) is 41.9 Å². The highest BCUT2D eigenvalue weighted by molar-refractivity contribution is 7.14. The number of thiazole rings is 1. The second-order valence-electron chi connectivity index (χ2n) is 5.50. The molecule has 3 heterocycles. The van der Waals surface area contributed by atoms with Gasteiger partial charge in [-0.25, -0.2) is 9.97 Å². The van der Waals surface area contributed by atoms with Gasteiger partial charge in [-0.05, 0) is 6.92 Å². The molecule has 6 heteroatoms. The number of hydrogen-bond donors (Lipinski definition) is 0. The topological polar surface area (TPSA) is 43.2 Å². The number of aromatic nitrogens is 3. The second-order valence-corrected chi connectivity index (χ2v) is 6.33. The van der Waals surface area contributed by atoms with Crippen molar-refractivity contribution in [3.63, 3.8) is 0 Å². The molecule has 2 aromatic heterocycles. The van der Waals surface area contributed by atoms with Gasteiger partial charge in [-0.1, -0.05) is 30.3 Å². The maximum atomic E-state index is 5.40. The van der Waals surface area contributed by atoms with Crippen molar-refractivity contribution in [2.45, 2.75) is 6.92 Å². The third-order valence-electron chi connectivity index (χ3n) is 3.96. The molecule has 5 nitrogen and oxygen atoms in total. The summed E-state index contributed by atoms with van der Waals surface area (Å²) in [6.45, 7) is 5.38. The number of aryl methyl sites for hydroxylation is 1. The average Bonchev–Trinajstić information content (AvgIpc) is 3.23. The van der Waals surface area contributed by atoms with Crippen molar-refractivity contribution in [3.8, 4) is 17.1 Å². The minimum absolute atomic E-state index is 0.775. The van der Waals surface area contributed by atoms with E-state index >= 15 is 0 Å². The van der Waals surface area contributed by atoms with E-state index in [1.54, 1.807) is 11.3 Å². The monoisotopic (exact) mass is 326 g/mol. The summed E-state index contributed by atoms with van der Waals surface area (Å²) in [7, 11) is 0. The summed E-state index contributed by atoms with van der Waals surface area (Å²) in [6.07, 6.45) is 2.06. The first-order valence-electron chi connectivity index (χ1n) is 7.71. The average molecular weight is 326 g/mol. The quantitative estimate of drug-likeness (QED) is 0.742. The van der Waals surface area contributed by atoms with Crippen LogP contribution in [0.3, 0.4) is 0 Å². The highest BCUT2D eigenvalue weighted by Crippen LogP contribution is 2.26. The number of nitrogens with zero attached hydrogens (tertiary/aromatic N) is 4. The summed E-state index contributed by atoms with van der Waals surface area (Å²) in [5.41, 5.74) is 2.10. The minimum atomic E-state index is 0.775. The molecule has 1 aromatic carbocycles. The summed E-state index contributed by atoms with van der Waals surface area (Å²) >= 11 is 1.68. The van der Waals surface area contributed by atoms with E-state index < -0.39 is 0 Å². The van der Waals surface area contributed by atoms with Crippen LogP contribution in [0.2, 0.25) is 0 Å². The molecule has 0 aliphatic carbocycles. The van der Waals surface area contributed by atoms with E-state index in [9.17, 15) is 0 Å². The molecule has 0 saturated carbocycles. The van der Waals surface area contributed by atoms with Gasteiger partial charge in [0.1, 0.15) is 5.82 Å². The van der Waals surface area contributed by atoms with Crippen LogP contribution in [0.5, 0.6) is 0 Å². The summed E-state index contributed by atoms with van der Waals surface area (Å²) in [5, 5.41) is 3.14. The number of rotatable bonds is 3. The fraction of sp³-hybridized carbons (Fsp3) is 0.294. The standard InChI is InChI=1S/C17H18N4OS/c1-13-18-15(14-5-3-2-4-6-14)11-21(13)16-12-23-17(19-16)20-7-9-22-10-8-20/h2-6,11-12H,7-10H2,1H3. The van der Waals surface area contributed by atoms with Gasteiger partial charge in [-0.3, -0.25) is 4.57 Å². The van der Waals surface area contributed by atoms with Gasteiger partial charge in [0, 0.05) is 30.2 Å². The zero-order valence-electron chi connectivity index (χ0n) is 13.0. The molecular weight excluding hydrogens is 308 g/mol. The maximum Gasteiger partial charge on any atom is 0.187 e. The van der Waals surface area contributed by atoms with Crippen LogP contribution in [0.4, 0.5) is 5.13 Å². The SMILES string of the molecule is Cc1nc(-c2ccccc2)cn1-c1csc(N2CCOCC2)n1. The van der Waals surface area contributed by atoms with Gasteiger partial charge in [-0.2, -0.15) is 0 Å². The highest BCUT2D eigenvalue weighted by Gasteiger charge is 2.16. The van der Waals surface area contributed by atoms with Gasteiger partial charge in [0.15, 0.2) is 10.9 Å². The fourth-order valence-electron chi connectivity index (χ4n) is 2.72. The lowest BCUT2D eigenvalue weighted by Crippen LogP contribution is -2.36. The van der Waals surface area contributed by atoms with E-state index in [-0.39, 0.29) is 0 Å². The van der Waals surface area contributed by atoms with Crippen LogP contribution in [0.25, 0.3) is 17.1 Å². The number of imidazole rings is 1. The minimum Gasteiger partial charge on any atom is -0.378 e. The van der Waals surface area contributed by atoms with Crippen molar-refractivity contribution in [1.29, 1.82) is 0 Å². The first-order chi connectivity index (χ1) is 11.3. The molecule has 118 valence electrons. The van der Waals surface area contributed by atoms with Crippen LogP contribution in [-0.2, 0) is 4.74 Å². The normalized spacial score (nSPS) is 15.1. The van der Waals surface area contributed by atoms with Gasteiger partial charge in [0.05, 0.1) is 18.9 Å². The Morgan fingerprint density at radius 3 is 2.65 bits per heavy atom. The molecular formula is C17H18N4OS. The molecule has 0 atom stereocenters. The molecule has 1 fully saturated rings. The molecule has 0 amide bonds. The van der Waals surface area contributed by atoms with Crippen molar-refractivity contribution in [3.05, 3.63) is 47.7 Å². The fourth-order valence-corrected chi connectivity index (χ4v) is 3.57. The second kappa shape index (κ2) is 6.14. The first-order valence-corrected chi connectivity index (χ1v) is 8.59. The molecule has 3 aromatic rings. The smallest absolute Gasteiger partial charge is 0.187 e. The van der Waals surface area contributed by atoms with Gasteiger partial charge in [-0.15, -0.1) is 11.3 Å². The largest absolute Gasteiger partial charge is 0.378 e. The Kier molecular flexibility index (Phi) is 3.85. The van der Waals surface area contributed by atoms with E-state index in [0.29, 0.717) is 0 Å². The Morgan fingerprint density at radius 2 is 1.87 bits per heavy atom. The number of ether oxygens (including phenoxy) is 1. The molecule has 1 aliphatic rings. The van der Waals surface area contributed by atoms with Crippen LogP contribution in [0.1, 0.15) is 5.82 Å². The molecule has 0 unspecified atom stereocenters.